The molecule has 0 heterocycles. The fraction of sp³-hybridized carbons (Fsp3) is 0.391. The minimum atomic E-state index is -0.119. The van der Waals surface area contributed by atoms with Gasteiger partial charge in [-0.15, -0.1) is 0 Å². The minimum absolute atomic E-state index is 0.119. The molecule has 1 saturated carbocycles. The van der Waals surface area contributed by atoms with Crippen molar-refractivity contribution in [2.45, 2.75) is 24.7 Å². The molecule has 0 unspecified atom stereocenters. The van der Waals surface area contributed by atoms with Crippen LogP contribution in [0, 0.1) is 0 Å². The standard InChI is InChI=1S/C23H30N4O2/c1-24-22(27-17-23(12-7-13-23)19-9-4-3-5-10-19)26-15-14-25-21(28)18-8-6-11-20(16-18)29-2/h3-6,8-11,16H,7,12-15,17H2,1-2H3,(H,25,28)(H2,24,26,27). The highest BCUT2D eigenvalue weighted by atomic mass is 16.5. The molecule has 0 spiro atoms. The van der Waals surface area contributed by atoms with E-state index < -0.39 is 0 Å². The number of nitrogens with one attached hydrogen (secondary N) is 3. The van der Waals surface area contributed by atoms with Gasteiger partial charge in [0.15, 0.2) is 5.96 Å². The third kappa shape index (κ3) is 5.28. The highest BCUT2D eigenvalue weighted by molar-refractivity contribution is 5.94. The zero-order valence-electron chi connectivity index (χ0n) is 17.2. The first-order valence-corrected chi connectivity index (χ1v) is 10.1. The van der Waals surface area contributed by atoms with Crippen LogP contribution in [0.25, 0.3) is 0 Å². The third-order valence-corrected chi connectivity index (χ3v) is 5.55. The van der Waals surface area contributed by atoms with Gasteiger partial charge in [0.1, 0.15) is 5.75 Å². The van der Waals surface area contributed by atoms with E-state index in [0.29, 0.717) is 24.4 Å². The Morgan fingerprint density at radius 3 is 2.45 bits per heavy atom. The number of amides is 1. The second kappa shape index (κ2) is 9.96. The number of hydrogen-bond acceptors (Lipinski definition) is 3. The minimum Gasteiger partial charge on any atom is -0.497 e. The summed E-state index contributed by atoms with van der Waals surface area (Å²) >= 11 is 0. The largest absolute Gasteiger partial charge is 0.497 e. The third-order valence-electron chi connectivity index (χ3n) is 5.55. The number of hydrogen-bond donors (Lipinski definition) is 3. The van der Waals surface area contributed by atoms with Crippen molar-refractivity contribution < 1.29 is 9.53 Å². The summed E-state index contributed by atoms with van der Waals surface area (Å²) in [7, 11) is 3.35. The molecule has 29 heavy (non-hydrogen) atoms. The Morgan fingerprint density at radius 1 is 1.03 bits per heavy atom. The van der Waals surface area contributed by atoms with Crippen molar-refractivity contribution in [3.8, 4) is 5.75 Å². The molecular formula is C23H30N4O2. The molecule has 6 nitrogen and oxygen atoms in total. The van der Waals surface area contributed by atoms with Gasteiger partial charge in [-0.3, -0.25) is 9.79 Å². The first-order chi connectivity index (χ1) is 14.2. The lowest BCUT2D eigenvalue weighted by Gasteiger charge is -2.43. The van der Waals surface area contributed by atoms with Gasteiger partial charge in [-0.05, 0) is 36.6 Å². The van der Waals surface area contributed by atoms with Gasteiger partial charge in [0.05, 0.1) is 7.11 Å². The summed E-state index contributed by atoms with van der Waals surface area (Å²) < 4.78 is 5.16. The highest BCUT2D eigenvalue weighted by Crippen LogP contribution is 2.43. The van der Waals surface area contributed by atoms with Gasteiger partial charge in [0.25, 0.3) is 5.91 Å². The topological polar surface area (TPSA) is 74.8 Å². The molecule has 0 bridgehead atoms. The van der Waals surface area contributed by atoms with Crippen LogP contribution in [0.1, 0.15) is 35.2 Å². The van der Waals surface area contributed by atoms with E-state index in [2.05, 4.69) is 51.3 Å². The van der Waals surface area contributed by atoms with Gasteiger partial charge >= 0.3 is 0 Å². The van der Waals surface area contributed by atoms with Crippen molar-refractivity contribution in [3.05, 3.63) is 65.7 Å². The predicted molar refractivity (Wildman–Crippen MR) is 117 cm³/mol. The van der Waals surface area contributed by atoms with Crippen LogP contribution >= 0.6 is 0 Å². The van der Waals surface area contributed by atoms with E-state index >= 15 is 0 Å². The molecule has 0 aliphatic heterocycles. The molecule has 0 radical (unpaired) electrons. The first kappa shape index (κ1) is 20.7. The molecule has 3 N–H and O–H groups in total. The van der Waals surface area contributed by atoms with Crippen LogP contribution in [0.4, 0.5) is 0 Å². The van der Waals surface area contributed by atoms with Crippen LogP contribution < -0.4 is 20.7 Å². The number of rotatable bonds is 8. The SMILES string of the molecule is CN=C(NCCNC(=O)c1cccc(OC)c1)NCC1(c2ccccc2)CCC1. The van der Waals surface area contributed by atoms with Crippen molar-refractivity contribution in [2.24, 2.45) is 4.99 Å². The van der Waals surface area contributed by atoms with E-state index in [9.17, 15) is 4.79 Å². The zero-order valence-corrected chi connectivity index (χ0v) is 17.2. The van der Waals surface area contributed by atoms with E-state index in [-0.39, 0.29) is 11.3 Å². The molecule has 3 rings (SSSR count). The molecular weight excluding hydrogens is 364 g/mol. The monoisotopic (exact) mass is 394 g/mol. The zero-order chi connectivity index (χ0) is 20.5. The quantitative estimate of drug-likeness (QED) is 0.366. The normalized spacial score (nSPS) is 15.2. The van der Waals surface area contributed by atoms with E-state index in [1.165, 1.54) is 24.8 Å². The lowest BCUT2D eigenvalue weighted by atomic mass is 9.64. The fourth-order valence-corrected chi connectivity index (χ4v) is 3.66. The second-order valence-electron chi connectivity index (χ2n) is 7.34. The summed E-state index contributed by atoms with van der Waals surface area (Å²) in [5.74, 6) is 1.30. The Hall–Kier alpha value is -3.02. The van der Waals surface area contributed by atoms with Crippen LogP contribution in [0.5, 0.6) is 5.75 Å². The van der Waals surface area contributed by atoms with E-state index in [1.54, 1.807) is 32.4 Å². The summed E-state index contributed by atoms with van der Waals surface area (Å²) in [6.45, 7) is 1.95. The Labute approximate surface area is 172 Å². The highest BCUT2D eigenvalue weighted by Gasteiger charge is 2.38. The van der Waals surface area contributed by atoms with Crippen LogP contribution in [-0.2, 0) is 5.41 Å². The maximum Gasteiger partial charge on any atom is 0.251 e. The Balaban J connectivity index is 1.43. The number of aliphatic imine (C=N–C) groups is 1. The molecule has 2 aromatic carbocycles. The van der Waals surface area contributed by atoms with Crippen LogP contribution in [-0.4, -0.2) is 45.7 Å². The molecule has 0 aromatic heterocycles. The molecule has 6 heteroatoms. The number of guanidine groups is 1. The van der Waals surface area contributed by atoms with Gasteiger partial charge in [0.2, 0.25) is 0 Å². The summed E-state index contributed by atoms with van der Waals surface area (Å²) in [6, 6.07) is 17.8. The molecule has 2 aromatic rings. The maximum atomic E-state index is 12.2. The Kier molecular flexibility index (Phi) is 7.11. The number of nitrogens with zero attached hydrogens (tertiary/aromatic N) is 1. The van der Waals surface area contributed by atoms with Crippen molar-refractivity contribution in [3.63, 3.8) is 0 Å². The Bertz CT molecular complexity index is 832. The number of carbonyl (C=O) groups excluding carboxylic acids is 1. The van der Waals surface area contributed by atoms with Gasteiger partial charge in [-0.25, -0.2) is 0 Å². The van der Waals surface area contributed by atoms with Gasteiger partial charge in [-0.2, -0.15) is 0 Å². The van der Waals surface area contributed by atoms with Crippen molar-refractivity contribution in [2.75, 3.05) is 33.8 Å². The van der Waals surface area contributed by atoms with E-state index in [4.69, 9.17) is 4.74 Å². The number of ether oxygens (including phenoxy) is 1. The smallest absolute Gasteiger partial charge is 0.251 e. The predicted octanol–water partition coefficient (Wildman–Crippen LogP) is 2.71. The summed E-state index contributed by atoms with van der Waals surface area (Å²) in [5.41, 5.74) is 2.17. The lowest BCUT2D eigenvalue weighted by Crippen LogP contribution is -2.49. The summed E-state index contributed by atoms with van der Waals surface area (Å²) in [6.07, 6.45) is 3.65. The number of benzene rings is 2. The average Bonchev–Trinajstić information content (AvgIpc) is 2.75. The van der Waals surface area contributed by atoms with Gasteiger partial charge in [0, 0.05) is 37.7 Å². The van der Waals surface area contributed by atoms with Gasteiger partial charge in [-0.1, -0.05) is 42.8 Å². The van der Waals surface area contributed by atoms with Crippen molar-refractivity contribution in [1.29, 1.82) is 0 Å². The average molecular weight is 395 g/mol. The van der Waals surface area contributed by atoms with Crippen LogP contribution in [0.2, 0.25) is 0 Å². The fourth-order valence-electron chi connectivity index (χ4n) is 3.66. The molecule has 1 amide bonds. The summed E-state index contributed by atoms with van der Waals surface area (Å²) in [4.78, 5) is 16.6. The van der Waals surface area contributed by atoms with Crippen LogP contribution in [0.15, 0.2) is 59.6 Å². The van der Waals surface area contributed by atoms with Gasteiger partial charge < -0.3 is 20.7 Å². The second-order valence-corrected chi connectivity index (χ2v) is 7.34. The first-order valence-electron chi connectivity index (χ1n) is 10.1. The number of carbonyl (C=O) groups is 1. The molecule has 154 valence electrons. The number of methoxy groups -OCH3 is 1. The summed E-state index contributed by atoms with van der Waals surface area (Å²) in [5, 5.41) is 9.64. The molecule has 0 saturated heterocycles. The molecule has 0 atom stereocenters. The van der Waals surface area contributed by atoms with Crippen molar-refractivity contribution >= 4 is 11.9 Å². The molecule has 1 fully saturated rings. The maximum absolute atomic E-state index is 12.2. The lowest BCUT2D eigenvalue weighted by molar-refractivity contribution is 0.0954. The van der Waals surface area contributed by atoms with E-state index in [0.717, 1.165) is 12.5 Å². The van der Waals surface area contributed by atoms with Crippen LogP contribution in [0.3, 0.4) is 0 Å². The van der Waals surface area contributed by atoms with Crippen molar-refractivity contribution in [1.82, 2.24) is 16.0 Å². The molecule has 1 aliphatic carbocycles. The Morgan fingerprint density at radius 2 is 1.79 bits per heavy atom. The van der Waals surface area contributed by atoms with E-state index in [1.807, 2.05) is 6.07 Å². The molecule has 1 aliphatic rings.